The number of rotatable bonds is 5. The van der Waals surface area contributed by atoms with Gasteiger partial charge in [-0.3, -0.25) is 9.59 Å². The number of carbonyl (C=O) groups excluding carboxylic acids is 2. The van der Waals surface area contributed by atoms with Crippen LogP contribution in [-0.4, -0.2) is 34.9 Å². The van der Waals surface area contributed by atoms with E-state index in [1.54, 1.807) is 4.90 Å². The monoisotopic (exact) mass is 416 g/mol. The van der Waals surface area contributed by atoms with Gasteiger partial charge in [-0.05, 0) is 52.8 Å². The molecule has 0 saturated carbocycles. The zero-order valence-corrected chi connectivity index (χ0v) is 17.8. The van der Waals surface area contributed by atoms with Crippen LogP contribution >= 0.6 is 0 Å². The van der Waals surface area contributed by atoms with Crippen LogP contribution in [0.3, 0.4) is 0 Å². The molecule has 0 spiro atoms. The SMILES string of the molecule is CCC1(C(N)=O)CCCN(C(=O)c2cccc3c(-c4ccccc4CO)cccc23)C1. The van der Waals surface area contributed by atoms with Gasteiger partial charge in [0.1, 0.15) is 0 Å². The number of fused-ring (bicyclic) bond motifs is 1. The number of hydrogen-bond acceptors (Lipinski definition) is 3. The number of hydrogen-bond donors (Lipinski definition) is 2. The highest BCUT2D eigenvalue weighted by atomic mass is 16.3. The van der Waals surface area contributed by atoms with Gasteiger partial charge in [-0.25, -0.2) is 0 Å². The third-order valence-corrected chi connectivity index (χ3v) is 6.69. The highest BCUT2D eigenvalue weighted by Crippen LogP contribution is 2.36. The number of aliphatic hydroxyl groups excluding tert-OH is 1. The van der Waals surface area contributed by atoms with E-state index in [4.69, 9.17) is 5.73 Å². The number of benzene rings is 3. The number of likely N-dealkylation sites (tertiary alicyclic amines) is 1. The third-order valence-electron chi connectivity index (χ3n) is 6.69. The second-order valence-corrected chi connectivity index (χ2v) is 8.35. The topological polar surface area (TPSA) is 83.6 Å². The Morgan fingerprint density at radius 2 is 1.71 bits per heavy atom. The summed E-state index contributed by atoms with van der Waals surface area (Å²) in [6, 6.07) is 19.4. The number of amides is 2. The Morgan fingerprint density at radius 3 is 2.45 bits per heavy atom. The van der Waals surface area contributed by atoms with E-state index >= 15 is 0 Å². The van der Waals surface area contributed by atoms with Gasteiger partial charge in [-0.15, -0.1) is 0 Å². The molecule has 0 aromatic heterocycles. The first kappa shape index (κ1) is 21.1. The zero-order valence-electron chi connectivity index (χ0n) is 17.8. The summed E-state index contributed by atoms with van der Waals surface area (Å²) in [6.07, 6.45) is 2.12. The van der Waals surface area contributed by atoms with Crippen molar-refractivity contribution in [3.8, 4) is 11.1 Å². The van der Waals surface area contributed by atoms with Gasteiger partial charge in [0, 0.05) is 18.7 Å². The van der Waals surface area contributed by atoms with Crippen LogP contribution in [0.15, 0.2) is 60.7 Å². The molecule has 1 unspecified atom stereocenters. The van der Waals surface area contributed by atoms with Crippen LogP contribution in [0.5, 0.6) is 0 Å². The second-order valence-electron chi connectivity index (χ2n) is 8.35. The molecule has 3 aromatic carbocycles. The molecule has 3 aromatic rings. The summed E-state index contributed by atoms with van der Waals surface area (Å²) >= 11 is 0. The molecule has 4 rings (SSSR count). The molecule has 1 saturated heterocycles. The average molecular weight is 417 g/mol. The molecule has 0 aliphatic carbocycles. The summed E-state index contributed by atoms with van der Waals surface area (Å²) < 4.78 is 0. The number of nitrogens with two attached hydrogens (primary N) is 1. The molecule has 5 heteroatoms. The van der Waals surface area contributed by atoms with E-state index < -0.39 is 5.41 Å². The Morgan fingerprint density at radius 1 is 1.00 bits per heavy atom. The maximum absolute atomic E-state index is 13.5. The quantitative estimate of drug-likeness (QED) is 0.656. The molecule has 1 aliphatic heterocycles. The van der Waals surface area contributed by atoms with Gasteiger partial charge in [-0.1, -0.05) is 61.5 Å². The molecular weight excluding hydrogens is 388 g/mol. The van der Waals surface area contributed by atoms with Crippen molar-refractivity contribution in [1.29, 1.82) is 0 Å². The lowest BCUT2D eigenvalue weighted by Crippen LogP contribution is -2.51. The Labute approximate surface area is 182 Å². The minimum absolute atomic E-state index is 0.0504. The van der Waals surface area contributed by atoms with Gasteiger partial charge >= 0.3 is 0 Å². The van der Waals surface area contributed by atoms with E-state index in [1.807, 2.05) is 67.6 Å². The normalized spacial score (nSPS) is 18.8. The molecule has 160 valence electrons. The Balaban J connectivity index is 1.77. The zero-order chi connectivity index (χ0) is 22.0. The summed E-state index contributed by atoms with van der Waals surface area (Å²) in [5.74, 6) is -0.398. The smallest absolute Gasteiger partial charge is 0.254 e. The van der Waals surface area contributed by atoms with E-state index in [0.29, 0.717) is 25.1 Å². The van der Waals surface area contributed by atoms with Crippen LogP contribution in [0.2, 0.25) is 0 Å². The van der Waals surface area contributed by atoms with Gasteiger partial charge in [-0.2, -0.15) is 0 Å². The van der Waals surface area contributed by atoms with E-state index in [1.165, 1.54) is 0 Å². The fourth-order valence-corrected chi connectivity index (χ4v) is 4.79. The molecule has 1 fully saturated rings. The minimum Gasteiger partial charge on any atom is -0.392 e. The third kappa shape index (κ3) is 3.70. The van der Waals surface area contributed by atoms with Crippen LogP contribution in [0.4, 0.5) is 0 Å². The van der Waals surface area contributed by atoms with Crippen LogP contribution in [0, 0.1) is 5.41 Å². The Kier molecular flexibility index (Phi) is 5.79. The van der Waals surface area contributed by atoms with E-state index in [0.717, 1.165) is 40.3 Å². The van der Waals surface area contributed by atoms with Gasteiger partial charge in [0.05, 0.1) is 12.0 Å². The number of carbonyl (C=O) groups is 2. The molecule has 1 aliphatic rings. The molecule has 1 atom stereocenters. The van der Waals surface area contributed by atoms with Crippen molar-refractivity contribution in [2.75, 3.05) is 13.1 Å². The maximum atomic E-state index is 13.5. The second kappa shape index (κ2) is 8.52. The van der Waals surface area contributed by atoms with Crippen molar-refractivity contribution >= 4 is 22.6 Å². The summed E-state index contributed by atoms with van der Waals surface area (Å²) in [5, 5.41) is 11.6. The standard InChI is InChI=1S/C26H28N2O3/c1-2-26(25(27)31)14-7-15-28(17-26)24(30)23-13-6-11-21-20(10-5-12-22(21)23)19-9-4-3-8-18(19)16-29/h3-6,8-13,29H,2,7,14-17H2,1H3,(H2,27,31). The van der Waals surface area contributed by atoms with E-state index in [9.17, 15) is 14.7 Å². The predicted octanol–water partition coefficient (Wildman–Crippen LogP) is 4.12. The first-order valence-electron chi connectivity index (χ1n) is 10.8. The first-order valence-corrected chi connectivity index (χ1v) is 10.8. The fraction of sp³-hybridized carbons (Fsp3) is 0.308. The summed E-state index contributed by atoms with van der Waals surface area (Å²) in [6.45, 7) is 2.89. The molecule has 31 heavy (non-hydrogen) atoms. The highest BCUT2D eigenvalue weighted by Gasteiger charge is 2.40. The summed E-state index contributed by atoms with van der Waals surface area (Å²) in [5.41, 5.74) is 8.47. The number of aliphatic hydroxyl groups is 1. The van der Waals surface area contributed by atoms with Crippen LogP contribution in [0.25, 0.3) is 21.9 Å². The molecule has 5 nitrogen and oxygen atoms in total. The molecular formula is C26H28N2O3. The van der Waals surface area contributed by atoms with Gasteiger partial charge in [0.2, 0.25) is 5.91 Å². The highest BCUT2D eigenvalue weighted by molar-refractivity contribution is 6.10. The van der Waals surface area contributed by atoms with Gasteiger partial charge in [0.25, 0.3) is 5.91 Å². The fourth-order valence-electron chi connectivity index (χ4n) is 4.79. The lowest BCUT2D eigenvalue weighted by Gasteiger charge is -2.40. The van der Waals surface area contributed by atoms with Crippen LogP contribution in [-0.2, 0) is 11.4 Å². The maximum Gasteiger partial charge on any atom is 0.254 e. The summed E-state index contributed by atoms with van der Waals surface area (Å²) in [7, 11) is 0. The Bertz CT molecular complexity index is 1140. The van der Waals surface area contributed by atoms with Crippen molar-refractivity contribution in [2.45, 2.75) is 32.8 Å². The Hall–Kier alpha value is -3.18. The van der Waals surface area contributed by atoms with Crippen molar-refractivity contribution in [1.82, 2.24) is 4.90 Å². The van der Waals surface area contributed by atoms with Crippen molar-refractivity contribution in [2.24, 2.45) is 11.1 Å². The molecule has 0 radical (unpaired) electrons. The van der Waals surface area contributed by atoms with Gasteiger partial charge < -0.3 is 15.7 Å². The molecule has 3 N–H and O–H groups in total. The minimum atomic E-state index is -0.649. The van der Waals surface area contributed by atoms with Crippen molar-refractivity contribution < 1.29 is 14.7 Å². The van der Waals surface area contributed by atoms with E-state index in [-0.39, 0.29) is 18.4 Å². The van der Waals surface area contributed by atoms with Crippen LogP contribution < -0.4 is 5.73 Å². The van der Waals surface area contributed by atoms with Gasteiger partial charge in [0.15, 0.2) is 0 Å². The first-order chi connectivity index (χ1) is 15.0. The number of nitrogens with zero attached hydrogens (tertiary/aromatic N) is 1. The molecule has 1 heterocycles. The van der Waals surface area contributed by atoms with E-state index in [2.05, 4.69) is 0 Å². The summed E-state index contributed by atoms with van der Waals surface area (Å²) in [4.78, 5) is 27.5. The van der Waals surface area contributed by atoms with Crippen LogP contribution in [0.1, 0.15) is 42.1 Å². The molecule has 0 bridgehead atoms. The number of piperidine rings is 1. The molecule has 2 amide bonds. The van der Waals surface area contributed by atoms with Crippen molar-refractivity contribution in [3.63, 3.8) is 0 Å². The lowest BCUT2D eigenvalue weighted by molar-refractivity contribution is -0.130. The predicted molar refractivity (Wildman–Crippen MR) is 122 cm³/mol. The average Bonchev–Trinajstić information content (AvgIpc) is 2.82. The van der Waals surface area contributed by atoms with Crippen molar-refractivity contribution in [3.05, 3.63) is 71.8 Å². The largest absolute Gasteiger partial charge is 0.392 e. The lowest BCUT2D eigenvalue weighted by atomic mass is 9.77. The number of primary amides is 1.